The summed E-state index contributed by atoms with van der Waals surface area (Å²) in [6, 6.07) is 10.2. The summed E-state index contributed by atoms with van der Waals surface area (Å²) < 4.78 is 1.92. The molecule has 0 bridgehead atoms. The molecule has 4 rings (SSSR count). The monoisotopic (exact) mass is 337 g/mol. The molecule has 0 spiro atoms. The molecule has 1 aliphatic rings. The van der Waals surface area contributed by atoms with Crippen LogP contribution in [0.2, 0.25) is 0 Å². The normalized spacial score (nSPS) is 17.4. The summed E-state index contributed by atoms with van der Waals surface area (Å²) >= 11 is 0. The lowest BCUT2D eigenvalue weighted by Gasteiger charge is -2.24. The van der Waals surface area contributed by atoms with Gasteiger partial charge in [-0.25, -0.2) is 4.98 Å². The highest BCUT2D eigenvalue weighted by molar-refractivity contribution is 5.77. The summed E-state index contributed by atoms with van der Waals surface area (Å²) in [4.78, 5) is 22.6. The van der Waals surface area contributed by atoms with Crippen molar-refractivity contribution in [3.63, 3.8) is 0 Å². The number of benzene rings is 1. The standard InChI is InChI=1S/C19H23N5O/c25-19(24-13-4-6-15(24)14-23-12-5-11-20-23)10-3-9-18-21-16-7-1-2-8-17(16)22-18/h1-2,5,7-8,11-12,15H,3-4,6,9-10,13-14H2,(H,21,22)/t15-/m1/s1. The number of H-pyrrole nitrogens is 1. The van der Waals surface area contributed by atoms with Gasteiger partial charge in [0.25, 0.3) is 0 Å². The Labute approximate surface area is 146 Å². The summed E-state index contributed by atoms with van der Waals surface area (Å²) in [5.74, 6) is 1.22. The molecule has 6 heteroatoms. The number of aromatic nitrogens is 4. The lowest BCUT2D eigenvalue weighted by atomic mass is 10.2. The van der Waals surface area contributed by atoms with Gasteiger partial charge in [0.1, 0.15) is 5.82 Å². The number of hydrogen-bond acceptors (Lipinski definition) is 3. The molecule has 0 saturated carbocycles. The van der Waals surface area contributed by atoms with Gasteiger partial charge in [0.15, 0.2) is 0 Å². The molecule has 130 valence electrons. The van der Waals surface area contributed by atoms with Crippen LogP contribution in [-0.4, -0.2) is 43.1 Å². The number of rotatable bonds is 6. The molecule has 1 aromatic carbocycles. The first-order valence-corrected chi connectivity index (χ1v) is 9.00. The van der Waals surface area contributed by atoms with E-state index in [1.165, 1.54) is 0 Å². The highest BCUT2D eigenvalue weighted by atomic mass is 16.2. The van der Waals surface area contributed by atoms with Crippen molar-refractivity contribution in [3.05, 3.63) is 48.5 Å². The fourth-order valence-electron chi connectivity index (χ4n) is 3.65. The first kappa shape index (κ1) is 15.9. The Bertz CT molecular complexity index is 806. The van der Waals surface area contributed by atoms with E-state index in [0.717, 1.165) is 55.6 Å². The number of fused-ring (bicyclic) bond motifs is 1. The second-order valence-corrected chi connectivity index (χ2v) is 6.67. The number of aryl methyl sites for hydroxylation is 1. The number of likely N-dealkylation sites (tertiary alicyclic amines) is 1. The van der Waals surface area contributed by atoms with Crippen molar-refractivity contribution < 1.29 is 4.79 Å². The highest BCUT2D eigenvalue weighted by Gasteiger charge is 2.28. The van der Waals surface area contributed by atoms with Crippen LogP contribution >= 0.6 is 0 Å². The number of imidazole rings is 1. The molecule has 0 unspecified atom stereocenters. The number of hydrogen-bond donors (Lipinski definition) is 1. The molecule has 1 N–H and O–H groups in total. The maximum Gasteiger partial charge on any atom is 0.222 e. The van der Waals surface area contributed by atoms with Crippen molar-refractivity contribution >= 4 is 16.9 Å². The SMILES string of the molecule is O=C(CCCc1nc2ccccc2[nH]1)N1CCC[C@@H]1Cn1cccn1. The molecule has 0 aliphatic carbocycles. The van der Waals surface area contributed by atoms with Gasteiger partial charge in [0, 0.05) is 31.8 Å². The van der Waals surface area contributed by atoms with Crippen LogP contribution in [-0.2, 0) is 17.8 Å². The zero-order chi connectivity index (χ0) is 17.1. The van der Waals surface area contributed by atoms with Crippen LogP contribution in [0.4, 0.5) is 0 Å². The number of para-hydroxylation sites is 2. The van der Waals surface area contributed by atoms with E-state index in [1.807, 2.05) is 46.1 Å². The minimum Gasteiger partial charge on any atom is -0.342 e. The fourth-order valence-corrected chi connectivity index (χ4v) is 3.65. The van der Waals surface area contributed by atoms with Crippen molar-refractivity contribution in [3.8, 4) is 0 Å². The summed E-state index contributed by atoms with van der Waals surface area (Å²) in [7, 11) is 0. The lowest BCUT2D eigenvalue weighted by molar-refractivity contribution is -0.132. The topological polar surface area (TPSA) is 66.8 Å². The predicted octanol–water partition coefficient (Wildman–Crippen LogP) is 2.77. The van der Waals surface area contributed by atoms with Gasteiger partial charge in [0.2, 0.25) is 5.91 Å². The molecule has 6 nitrogen and oxygen atoms in total. The zero-order valence-corrected chi connectivity index (χ0v) is 14.3. The molecule has 3 heterocycles. The first-order valence-electron chi connectivity index (χ1n) is 9.00. The van der Waals surface area contributed by atoms with Crippen molar-refractivity contribution in [2.24, 2.45) is 0 Å². The Morgan fingerprint density at radius 3 is 3.04 bits per heavy atom. The van der Waals surface area contributed by atoms with Crippen LogP contribution in [0.15, 0.2) is 42.7 Å². The van der Waals surface area contributed by atoms with Crippen LogP contribution < -0.4 is 0 Å². The van der Waals surface area contributed by atoms with Gasteiger partial charge in [-0.15, -0.1) is 0 Å². The van der Waals surface area contributed by atoms with E-state index in [2.05, 4.69) is 15.1 Å². The highest BCUT2D eigenvalue weighted by Crippen LogP contribution is 2.20. The maximum absolute atomic E-state index is 12.6. The third-order valence-corrected chi connectivity index (χ3v) is 4.90. The van der Waals surface area contributed by atoms with Crippen LogP contribution in [0.1, 0.15) is 31.5 Å². The van der Waals surface area contributed by atoms with Crippen molar-refractivity contribution in [1.29, 1.82) is 0 Å². The Kier molecular flexibility index (Phi) is 4.50. The minimum atomic E-state index is 0.255. The number of carbonyl (C=O) groups excluding carboxylic acids is 1. The minimum absolute atomic E-state index is 0.255. The molecule has 1 saturated heterocycles. The second kappa shape index (κ2) is 7.09. The molecule has 0 radical (unpaired) electrons. The Morgan fingerprint density at radius 2 is 2.20 bits per heavy atom. The molecule has 3 aromatic rings. The number of carbonyl (C=O) groups is 1. The van der Waals surface area contributed by atoms with Crippen LogP contribution in [0, 0.1) is 0 Å². The maximum atomic E-state index is 12.6. The van der Waals surface area contributed by atoms with Crippen molar-refractivity contribution in [2.45, 2.75) is 44.7 Å². The van der Waals surface area contributed by atoms with Crippen molar-refractivity contribution in [1.82, 2.24) is 24.6 Å². The number of nitrogens with zero attached hydrogens (tertiary/aromatic N) is 4. The van der Waals surface area contributed by atoms with Gasteiger partial charge in [-0.05, 0) is 37.5 Å². The third-order valence-electron chi connectivity index (χ3n) is 4.90. The van der Waals surface area contributed by atoms with E-state index in [1.54, 1.807) is 6.20 Å². The zero-order valence-electron chi connectivity index (χ0n) is 14.3. The quantitative estimate of drug-likeness (QED) is 0.752. The largest absolute Gasteiger partial charge is 0.342 e. The Morgan fingerprint density at radius 1 is 1.28 bits per heavy atom. The van der Waals surface area contributed by atoms with Crippen LogP contribution in [0.25, 0.3) is 11.0 Å². The van der Waals surface area contributed by atoms with E-state index in [4.69, 9.17) is 0 Å². The predicted molar refractivity (Wildman–Crippen MR) is 96.0 cm³/mol. The van der Waals surface area contributed by atoms with E-state index in [0.29, 0.717) is 6.42 Å². The molecular formula is C19H23N5O. The Hall–Kier alpha value is -2.63. The number of nitrogens with one attached hydrogen (secondary N) is 1. The van der Waals surface area contributed by atoms with Crippen molar-refractivity contribution in [2.75, 3.05) is 6.54 Å². The molecular weight excluding hydrogens is 314 g/mol. The molecule has 1 fully saturated rings. The van der Waals surface area contributed by atoms with Gasteiger partial charge in [-0.2, -0.15) is 5.10 Å². The fraction of sp³-hybridized carbons (Fsp3) is 0.421. The summed E-state index contributed by atoms with van der Waals surface area (Å²) in [5.41, 5.74) is 2.05. The molecule has 1 amide bonds. The van der Waals surface area contributed by atoms with Gasteiger partial charge < -0.3 is 9.88 Å². The molecule has 1 atom stereocenters. The number of aromatic amines is 1. The average molecular weight is 337 g/mol. The van der Waals surface area contributed by atoms with E-state index >= 15 is 0 Å². The van der Waals surface area contributed by atoms with Gasteiger partial charge in [0.05, 0.1) is 23.6 Å². The van der Waals surface area contributed by atoms with E-state index in [9.17, 15) is 4.79 Å². The summed E-state index contributed by atoms with van der Waals surface area (Å²) in [5, 5.41) is 4.26. The summed E-state index contributed by atoms with van der Waals surface area (Å²) in [6.07, 6.45) is 8.10. The van der Waals surface area contributed by atoms with Gasteiger partial charge in [-0.3, -0.25) is 9.48 Å². The van der Waals surface area contributed by atoms with Crippen LogP contribution in [0.5, 0.6) is 0 Å². The average Bonchev–Trinajstić information content (AvgIpc) is 3.35. The van der Waals surface area contributed by atoms with Gasteiger partial charge >= 0.3 is 0 Å². The number of amides is 1. The van der Waals surface area contributed by atoms with E-state index in [-0.39, 0.29) is 11.9 Å². The van der Waals surface area contributed by atoms with Crippen LogP contribution in [0.3, 0.4) is 0 Å². The summed E-state index contributed by atoms with van der Waals surface area (Å²) in [6.45, 7) is 1.66. The molecule has 1 aliphatic heterocycles. The molecule has 25 heavy (non-hydrogen) atoms. The first-order chi connectivity index (χ1) is 12.3. The van der Waals surface area contributed by atoms with Gasteiger partial charge in [-0.1, -0.05) is 12.1 Å². The Balaban J connectivity index is 1.30. The van der Waals surface area contributed by atoms with E-state index < -0.39 is 0 Å². The smallest absolute Gasteiger partial charge is 0.222 e. The molecule has 2 aromatic heterocycles. The third kappa shape index (κ3) is 3.57. The lowest BCUT2D eigenvalue weighted by Crippen LogP contribution is -2.38. The second-order valence-electron chi connectivity index (χ2n) is 6.67.